The van der Waals surface area contributed by atoms with E-state index in [0.29, 0.717) is 5.56 Å². The van der Waals surface area contributed by atoms with Crippen molar-refractivity contribution >= 4 is 13.9 Å². The predicted octanol–water partition coefficient (Wildman–Crippen LogP) is 10.0. The van der Waals surface area contributed by atoms with Crippen LogP contribution < -0.4 is 0 Å². The lowest BCUT2D eigenvalue weighted by Crippen LogP contribution is -2.44. The highest BCUT2D eigenvalue weighted by Gasteiger charge is 2.45. The van der Waals surface area contributed by atoms with Crippen LogP contribution in [0.5, 0.6) is 0 Å². The van der Waals surface area contributed by atoms with Crippen LogP contribution in [-0.2, 0) is 16.8 Å². The Balaban J connectivity index is 1.99. The minimum absolute atomic E-state index is 0.0317. The molecule has 1 N–H and O–H groups in total. The first-order chi connectivity index (χ1) is 18.3. The number of aliphatic hydroxyl groups excluding tert-OH is 1. The lowest BCUT2D eigenvalue weighted by Gasteiger charge is -2.45. The van der Waals surface area contributed by atoms with Gasteiger partial charge in [-0.25, -0.2) is 8.78 Å². The zero-order chi connectivity index (χ0) is 29.8. The number of hydrogen-bond acceptors (Lipinski definition) is 3. The van der Waals surface area contributed by atoms with Crippen molar-refractivity contribution < 1.29 is 18.3 Å². The molecule has 0 spiro atoms. The number of allylic oxidation sites excluding steroid dienone is 2. The number of halogens is 2. The van der Waals surface area contributed by atoms with Gasteiger partial charge in [0.05, 0.1) is 6.10 Å². The van der Waals surface area contributed by atoms with E-state index < -0.39 is 20.3 Å². The maximum absolute atomic E-state index is 14.0. The molecule has 2 aliphatic carbocycles. The van der Waals surface area contributed by atoms with Gasteiger partial charge < -0.3 is 9.53 Å². The highest BCUT2D eigenvalue weighted by Crippen LogP contribution is 2.52. The van der Waals surface area contributed by atoms with Crippen molar-refractivity contribution in [2.45, 2.75) is 130 Å². The SMILES string of the molecule is CC(C)c1nc2c(c(C3=CCCC3)c1C(O)c1ccc(C(C)(F)F)cc1)C(O[Si](C)(C)C(C)(C)C)CC(C)(C)C2. The fourth-order valence-corrected chi connectivity index (χ4v) is 7.28. The number of rotatable bonds is 7. The number of hydrogen-bond donors (Lipinski definition) is 1. The quantitative estimate of drug-likeness (QED) is 0.337. The van der Waals surface area contributed by atoms with Crippen molar-refractivity contribution in [3.05, 3.63) is 69.5 Å². The summed E-state index contributed by atoms with van der Waals surface area (Å²) in [6.07, 6.45) is 6.02. The van der Waals surface area contributed by atoms with E-state index in [9.17, 15) is 13.9 Å². The van der Waals surface area contributed by atoms with Crippen molar-refractivity contribution in [2.75, 3.05) is 0 Å². The van der Waals surface area contributed by atoms with Gasteiger partial charge in [-0.3, -0.25) is 4.98 Å². The van der Waals surface area contributed by atoms with Crippen LogP contribution in [0, 0.1) is 5.41 Å². The fourth-order valence-electron chi connectivity index (χ4n) is 6.01. The normalized spacial score (nSPS) is 20.4. The summed E-state index contributed by atoms with van der Waals surface area (Å²) >= 11 is 0. The number of fused-ring (bicyclic) bond motifs is 1. The molecule has 0 saturated carbocycles. The van der Waals surface area contributed by atoms with E-state index in [1.807, 2.05) is 0 Å². The molecule has 4 rings (SSSR count). The van der Waals surface area contributed by atoms with Crippen LogP contribution in [0.4, 0.5) is 8.78 Å². The number of nitrogens with zero attached hydrogens (tertiary/aromatic N) is 1. The van der Waals surface area contributed by atoms with Crippen LogP contribution >= 0.6 is 0 Å². The summed E-state index contributed by atoms with van der Waals surface area (Å²) in [7, 11) is -2.13. The highest BCUT2D eigenvalue weighted by atomic mass is 28.4. The average molecular weight is 570 g/mol. The molecule has 6 heteroatoms. The van der Waals surface area contributed by atoms with E-state index in [2.05, 4.69) is 67.6 Å². The van der Waals surface area contributed by atoms with Crippen molar-refractivity contribution in [2.24, 2.45) is 5.41 Å². The molecule has 2 aromatic rings. The molecule has 0 amide bonds. The van der Waals surface area contributed by atoms with Gasteiger partial charge in [0, 0.05) is 35.0 Å². The lowest BCUT2D eigenvalue weighted by molar-refractivity contribution is 0.0174. The molecule has 0 aliphatic heterocycles. The molecule has 40 heavy (non-hydrogen) atoms. The second-order valence-electron chi connectivity index (χ2n) is 14.7. The van der Waals surface area contributed by atoms with Gasteiger partial charge in [0.1, 0.15) is 6.10 Å². The summed E-state index contributed by atoms with van der Waals surface area (Å²) in [6.45, 7) is 21.2. The summed E-state index contributed by atoms with van der Waals surface area (Å²) in [5.41, 5.74) is 6.89. The first kappa shape index (κ1) is 31.1. The maximum Gasteiger partial charge on any atom is 0.270 e. The van der Waals surface area contributed by atoms with Gasteiger partial charge in [-0.05, 0) is 78.3 Å². The third kappa shape index (κ3) is 6.14. The molecule has 0 fully saturated rings. The molecule has 3 nitrogen and oxygen atoms in total. The minimum Gasteiger partial charge on any atom is -0.410 e. The summed E-state index contributed by atoms with van der Waals surface area (Å²) in [5.74, 6) is -2.85. The number of aromatic nitrogens is 1. The van der Waals surface area contributed by atoms with E-state index >= 15 is 0 Å². The lowest BCUT2D eigenvalue weighted by atomic mass is 9.71. The van der Waals surface area contributed by atoms with Crippen LogP contribution in [0.3, 0.4) is 0 Å². The topological polar surface area (TPSA) is 42.4 Å². The van der Waals surface area contributed by atoms with Crippen molar-refractivity contribution in [3.63, 3.8) is 0 Å². The molecule has 2 unspecified atom stereocenters. The van der Waals surface area contributed by atoms with Gasteiger partial charge in [0.25, 0.3) is 5.92 Å². The fraction of sp³-hybridized carbons (Fsp3) is 0.618. The smallest absolute Gasteiger partial charge is 0.270 e. The number of aliphatic hydroxyl groups is 1. The maximum atomic E-state index is 14.0. The van der Waals surface area contributed by atoms with Gasteiger partial charge in [0.2, 0.25) is 0 Å². The Labute approximate surface area is 241 Å². The van der Waals surface area contributed by atoms with E-state index in [0.717, 1.165) is 67.1 Å². The summed E-state index contributed by atoms with van der Waals surface area (Å²) in [6, 6.07) is 6.14. The Morgan fingerprint density at radius 3 is 2.20 bits per heavy atom. The van der Waals surface area contributed by atoms with Crippen LogP contribution in [0.2, 0.25) is 18.1 Å². The van der Waals surface area contributed by atoms with E-state index in [-0.39, 0.29) is 28.0 Å². The van der Waals surface area contributed by atoms with Crippen molar-refractivity contribution in [3.8, 4) is 0 Å². The molecule has 0 bridgehead atoms. The zero-order valence-corrected chi connectivity index (χ0v) is 27.2. The molecule has 0 saturated heterocycles. The Kier molecular flexibility index (Phi) is 8.34. The van der Waals surface area contributed by atoms with E-state index in [1.54, 1.807) is 12.1 Å². The summed E-state index contributed by atoms with van der Waals surface area (Å²) < 4.78 is 35.1. The largest absolute Gasteiger partial charge is 0.410 e. The summed E-state index contributed by atoms with van der Waals surface area (Å²) in [5, 5.41) is 12.1. The molecule has 1 aromatic carbocycles. The van der Waals surface area contributed by atoms with Gasteiger partial charge in [-0.2, -0.15) is 0 Å². The first-order valence-corrected chi connectivity index (χ1v) is 17.8. The second-order valence-corrected chi connectivity index (χ2v) is 19.5. The summed E-state index contributed by atoms with van der Waals surface area (Å²) in [4.78, 5) is 5.31. The number of pyridine rings is 1. The minimum atomic E-state index is -2.93. The van der Waals surface area contributed by atoms with Gasteiger partial charge in [-0.15, -0.1) is 0 Å². The molecule has 2 aliphatic rings. The van der Waals surface area contributed by atoms with Crippen LogP contribution in [0.1, 0.15) is 138 Å². The van der Waals surface area contributed by atoms with Crippen molar-refractivity contribution in [1.82, 2.24) is 4.98 Å². The molecule has 1 heterocycles. The molecular weight excluding hydrogens is 520 g/mol. The Morgan fingerprint density at radius 2 is 1.70 bits per heavy atom. The Morgan fingerprint density at radius 1 is 1.07 bits per heavy atom. The monoisotopic (exact) mass is 569 g/mol. The zero-order valence-electron chi connectivity index (χ0n) is 26.2. The predicted molar refractivity (Wildman–Crippen MR) is 163 cm³/mol. The first-order valence-electron chi connectivity index (χ1n) is 14.9. The van der Waals surface area contributed by atoms with Crippen LogP contribution in [0.25, 0.3) is 5.57 Å². The number of alkyl halides is 2. The van der Waals surface area contributed by atoms with E-state index in [4.69, 9.17) is 9.41 Å². The molecular formula is C34H49F2NO2Si. The van der Waals surface area contributed by atoms with Crippen LogP contribution in [0.15, 0.2) is 30.3 Å². The average Bonchev–Trinajstić information content (AvgIpc) is 3.35. The molecule has 1 aromatic heterocycles. The van der Waals surface area contributed by atoms with Crippen molar-refractivity contribution in [1.29, 1.82) is 0 Å². The Bertz CT molecular complexity index is 1270. The van der Waals surface area contributed by atoms with Crippen LogP contribution in [-0.4, -0.2) is 18.4 Å². The van der Waals surface area contributed by atoms with Gasteiger partial charge in [0.15, 0.2) is 8.32 Å². The molecule has 0 radical (unpaired) electrons. The van der Waals surface area contributed by atoms with E-state index in [1.165, 1.54) is 17.7 Å². The third-order valence-electron chi connectivity index (χ3n) is 9.25. The molecule has 220 valence electrons. The van der Waals surface area contributed by atoms with Gasteiger partial charge in [-0.1, -0.05) is 78.8 Å². The number of benzene rings is 1. The molecule has 2 atom stereocenters. The Hall–Kier alpha value is -1.89. The second kappa shape index (κ2) is 10.7. The van der Waals surface area contributed by atoms with Gasteiger partial charge >= 0.3 is 0 Å². The standard InChI is InChI=1S/C34H49F2NO2Si/c1-21(2)30-29(31(38)23-15-17-24(18-16-23)34(8,35)36)27(22-13-11-12-14-22)28-25(37-30)19-33(6,7)20-26(28)39-40(9,10)32(3,4)5/h13,15-18,21,26,31,38H,11-12,14,19-20H2,1-10H3. The third-order valence-corrected chi connectivity index (χ3v) is 13.7. The highest BCUT2D eigenvalue weighted by molar-refractivity contribution is 6.74.